The summed E-state index contributed by atoms with van der Waals surface area (Å²) in [5.41, 5.74) is 9.19. The molecular weight excluding hydrogens is 583 g/mol. The van der Waals surface area contributed by atoms with Gasteiger partial charge in [-0.1, -0.05) is 30.2 Å². The number of hydrogen-bond acceptors (Lipinski definition) is 9. The molecular formula is C31H29FN8O3S. The molecule has 13 heteroatoms. The van der Waals surface area contributed by atoms with Crippen molar-refractivity contribution in [3.05, 3.63) is 112 Å². The lowest BCUT2D eigenvalue weighted by Crippen LogP contribution is -2.27. The maximum atomic E-state index is 13.9. The monoisotopic (exact) mass is 612 g/mol. The average molecular weight is 613 g/mol. The van der Waals surface area contributed by atoms with Gasteiger partial charge in [0, 0.05) is 26.6 Å². The second-order valence-corrected chi connectivity index (χ2v) is 12.2. The van der Waals surface area contributed by atoms with Gasteiger partial charge in [-0.05, 0) is 54.3 Å². The van der Waals surface area contributed by atoms with Crippen LogP contribution >= 0.6 is 0 Å². The van der Waals surface area contributed by atoms with Gasteiger partial charge in [0.2, 0.25) is 10.0 Å². The zero-order valence-corrected chi connectivity index (χ0v) is 25.1. The molecule has 0 saturated carbocycles. The molecule has 0 aliphatic carbocycles. The fourth-order valence-electron chi connectivity index (χ4n) is 4.57. The summed E-state index contributed by atoms with van der Waals surface area (Å²) in [6, 6.07) is 15.4. The summed E-state index contributed by atoms with van der Waals surface area (Å²) < 4.78 is 40.0. The molecule has 44 heavy (non-hydrogen) atoms. The van der Waals surface area contributed by atoms with E-state index in [0.717, 1.165) is 18.0 Å². The predicted octanol–water partition coefficient (Wildman–Crippen LogP) is 3.05. The Labute approximate surface area is 253 Å². The number of pyridine rings is 1. The van der Waals surface area contributed by atoms with Crippen LogP contribution in [0.5, 0.6) is 0 Å². The number of anilines is 2. The van der Waals surface area contributed by atoms with Crippen molar-refractivity contribution in [3.8, 4) is 17.5 Å². The molecule has 0 unspecified atom stereocenters. The number of sulfonamides is 1. The van der Waals surface area contributed by atoms with Gasteiger partial charge < -0.3 is 11.1 Å². The topological polar surface area (TPSA) is 149 Å². The van der Waals surface area contributed by atoms with E-state index in [1.165, 1.54) is 29.8 Å². The summed E-state index contributed by atoms with van der Waals surface area (Å²) >= 11 is 0. The summed E-state index contributed by atoms with van der Waals surface area (Å²) in [4.78, 5) is 31.1. The first-order valence-corrected chi connectivity index (χ1v) is 15.4. The molecule has 0 fully saturated rings. The molecule has 0 spiro atoms. The van der Waals surface area contributed by atoms with Crippen molar-refractivity contribution in [1.82, 2.24) is 28.8 Å². The zero-order valence-electron chi connectivity index (χ0n) is 24.2. The number of nitrogens with two attached hydrogens (primary N) is 1. The van der Waals surface area contributed by atoms with Crippen LogP contribution in [0.1, 0.15) is 28.2 Å². The van der Waals surface area contributed by atoms with Crippen LogP contribution in [-0.2, 0) is 23.0 Å². The lowest BCUT2D eigenvalue weighted by Gasteiger charge is -2.18. The lowest BCUT2D eigenvalue weighted by atomic mass is 10.1. The number of fused-ring (bicyclic) bond motifs is 1. The van der Waals surface area contributed by atoms with Gasteiger partial charge in [-0.3, -0.25) is 9.36 Å². The summed E-state index contributed by atoms with van der Waals surface area (Å²) in [5.74, 6) is 6.30. The van der Waals surface area contributed by atoms with E-state index in [-0.39, 0.29) is 17.9 Å². The standard InChI is InChI=1S/C31H29FN8O3S/c1-20-6-4-9-26-28(20)31(41)40(24-8-5-7-21(16-24)18-39(2)44(3,42)43)27(38-26)14-15-34-30-25(29(33)36-19-37-30)13-12-23-11-10-22(32)17-35-23/h4-11,16-17,19H,14-15,18H2,1-3H3,(H3,33,34,36,37). The van der Waals surface area contributed by atoms with Crippen molar-refractivity contribution >= 4 is 32.6 Å². The van der Waals surface area contributed by atoms with Crippen molar-refractivity contribution in [1.29, 1.82) is 0 Å². The highest BCUT2D eigenvalue weighted by Crippen LogP contribution is 2.20. The Hall–Kier alpha value is -5.19. The number of nitrogens with zero attached hydrogens (tertiary/aromatic N) is 6. The third-order valence-corrected chi connectivity index (χ3v) is 8.14. The van der Waals surface area contributed by atoms with Gasteiger partial charge in [-0.25, -0.2) is 37.0 Å². The fraction of sp³-hybridized carbons (Fsp3) is 0.194. The van der Waals surface area contributed by atoms with Crippen LogP contribution in [0, 0.1) is 24.6 Å². The van der Waals surface area contributed by atoms with Gasteiger partial charge in [0.25, 0.3) is 5.56 Å². The van der Waals surface area contributed by atoms with Crippen LogP contribution in [0.4, 0.5) is 16.0 Å². The van der Waals surface area contributed by atoms with E-state index in [2.05, 4.69) is 32.1 Å². The van der Waals surface area contributed by atoms with Gasteiger partial charge in [0.05, 0.1) is 29.0 Å². The van der Waals surface area contributed by atoms with Crippen molar-refractivity contribution in [2.75, 3.05) is 30.9 Å². The lowest BCUT2D eigenvalue weighted by molar-refractivity contribution is 0.472. The highest BCUT2D eigenvalue weighted by molar-refractivity contribution is 7.88. The van der Waals surface area contributed by atoms with Crippen LogP contribution < -0.4 is 16.6 Å². The minimum absolute atomic E-state index is 0.144. The summed E-state index contributed by atoms with van der Waals surface area (Å²) in [7, 11) is -1.90. The van der Waals surface area contributed by atoms with Crippen LogP contribution in [0.2, 0.25) is 0 Å². The molecule has 11 nitrogen and oxygen atoms in total. The molecule has 5 rings (SSSR count). The maximum absolute atomic E-state index is 13.9. The Kier molecular flexibility index (Phi) is 8.66. The molecule has 0 amide bonds. The van der Waals surface area contributed by atoms with Gasteiger partial charge >= 0.3 is 0 Å². The molecule has 5 aromatic rings. The van der Waals surface area contributed by atoms with E-state index >= 15 is 0 Å². The number of nitrogen functional groups attached to an aromatic ring is 1. The van der Waals surface area contributed by atoms with E-state index in [0.29, 0.717) is 58.0 Å². The normalized spacial score (nSPS) is 11.4. The van der Waals surface area contributed by atoms with Gasteiger partial charge in [0.1, 0.15) is 40.9 Å². The van der Waals surface area contributed by atoms with Gasteiger partial charge in [0.15, 0.2) is 0 Å². The molecule has 3 N–H and O–H groups in total. The average Bonchev–Trinajstić information content (AvgIpc) is 2.97. The first-order valence-electron chi connectivity index (χ1n) is 13.5. The first kappa shape index (κ1) is 30.3. The van der Waals surface area contributed by atoms with Crippen molar-refractivity contribution in [2.45, 2.75) is 19.9 Å². The molecule has 224 valence electrons. The van der Waals surface area contributed by atoms with Crippen molar-refractivity contribution in [2.24, 2.45) is 0 Å². The van der Waals surface area contributed by atoms with Gasteiger partial charge in [-0.15, -0.1) is 0 Å². The third-order valence-electron chi connectivity index (χ3n) is 6.88. The van der Waals surface area contributed by atoms with Crippen LogP contribution in [0.25, 0.3) is 16.6 Å². The quantitative estimate of drug-likeness (QED) is 0.252. The number of benzene rings is 2. The smallest absolute Gasteiger partial charge is 0.266 e. The molecule has 0 bridgehead atoms. The van der Waals surface area contributed by atoms with Gasteiger partial charge in [-0.2, -0.15) is 0 Å². The minimum Gasteiger partial charge on any atom is -0.382 e. The number of aromatic nitrogens is 5. The Morgan fingerprint density at radius 2 is 1.86 bits per heavy atom. The predicted molar refractivity (Wildman–Crippen MR) is 167 cm³/mol. The Balaban J connectivity index is 1.49. The number of hydrogen-bond donors (Lipinski definition) is 2. The second-order valence-electron chi connectivity index (χ2n) is 10.1. The Morgan fingerprint density at radius 1 is 1.07 bits per heavy atom. The number of rotatable bonds is 8. The molecule has 3 aromatic heterocycles. The van der Waals surface area contributed by atoms with E-state index in [9.17, 15) is 17.6 Å². The van der Waals surface area contributed by atoms with Crippen LogP contribution in [0.3, 0.4) is 0 Å². The van der Waals surface area contributed by atoms with Crippen LogP contribution in [0.15, 0.2) is 71.9 Å². The van der Waals surface area contributed by atoms with Crippen LogP contribution in [-0.4, -0.2) is 57.1 Å². The van der Waals surface area contributed by atoms with Crippen molar-refractivity contribution in [3.63, 3.8) is 0 Å². The number of nitrogens with one attached hydrogen (secondary N) is 1. The van der Waals surface area contributed by atoms with E-state index < -0.39 is 15.8 Å². The molecule has 2 aromatic carbocycles. The highest BCUT2D eigenvalue weighted by atomic mass is 32.2. The molecule has 0 aliphatic rings. The number of aryl methyl sites for hydroxylation is 1. The summed E-state index contributed by atoms with van der Waals surface area (Å²) in [5, 5.41) is 3.72. The molecule has 0 radical (unpaired) electrons. The Bertz CT molecular complexity index is 2090. The number of halogens is 1. The largest absolute Gasteiger partial charge is 0.382 e. The Morgan fingerprint density at radius 3 is 2.61 bits per heavy atom. The highest BCUT2D eigenvalue weighted by Gasteiger charge is 2.17. The fourth-order valence-corrected chi connectivity index (χ4v) is 4.95. The minimum atomic E-state index is -3.40. The third kappa shape index (κ3) is 6.72. The SMILES string of the molecule is Cc1cccc2nc(CCNc3ncnc(N)c3C#Cc3ccc(F)cn3)n(-c3cccc(CN(C)S(C)(=O)=O)c3)c(=O)c12. The van der Waals surface area contributed by atoms with E-state index in [1.54, 1.807) is 34.9 Å². The van der Waals surface area contributed by atoms with Crippen molar-refractivity contribution < 1.29 is 12.8 Å². The zero-order chi connectivity index (χ0) is 31.4. The van der Waals surface area contributed by atoms with E-state index in [4.69, 9.17) is 10.7 Å². The second kappa shape index (κ2) is 12.6. The van der Waals surface area contributed by atoms with E-state index in [1.807, 2.05) is 19.1 Å². The molecule has 0 saturated heterocycles. The molecule has 3 heterocycles. The molecule has 0 aliphatic heterocycles. The summed E-state index contributed by atoms with van der Waals surface area (Å²) in [6.07, 6.45) is 3.84. The summed E-state index contributed by atoms with van der Waals surface area (Å²) in [6.45, 7) is 2.31. The molecule has 0 atom stereocenters. The first-order chi connectivity index (χ1) is 21.0. The maximum Gasteiger partial charge on any atom is 0.266 e.